The minimum atomic E-state index is 0.329. The number of hydroxylamine groups is 1. The topological polar surface area (TPSA) is 41.5 Å². The van der Waals surface area contributed by atoms with E-state index in [4.69, 9.17) is 9.94 Å². The molecule has 1 aliphatic rings. The molecule has 3 rings (SSSR count). The van der Waals surface area contributed by atoms with Gasteiger partial charge in [-0.05, 0) is 31.2 Å². The highest BCUT2D eigenvalue weighted by atomic mass is 16.6. The van der Waals surface area contributed by atoms with E-state index in [1.165, 1.54) is 5.56 Å². The van der Waals surface area contributed by atoms with E-state index in [9.17, 15) is 0 Å². The molecule has 0 fully saturated rings. The Morgan fingerprint density at radius 1 is 1.00 bits per heavy atom. The molecule has 1 aliphatic heterocycles. The summed E-state index contributed by atoms with van der Waals surface area (Å²) in [6.07, 6.45) is 3.74. The zero-order valence-corrected chi connectivity index (χ0v) is 10.1. The number of nitrogens with one attached hydrogen (secondary N) is 1. The second-order valence-corrected chi connectivity index (χ2v) is 3.93. The molecule has 0 bridgehead atoms. The maximum atomic E-state index is 8.76. The van der Waals surface area contributed by atoms with E-state index in [1.54, 1.807) is 18.3 Å². The first-order valence-corrected chi connectivity index (χ1v) is 5.69. The average Bonchev–Trinajstić information content (AvgIpc) is 2.43. The van der Waals surface area contributed by atoms with Gasteiger partial charge >= 0.3 is 0 Å². The number of rotatable bonds is 0. The van der Waals surface area contributed by atoms with E-state index in [2.05, 4.69) is 5.48 Å². The number of para-hydroxylation sites is 1. The van der Waals surface area contributed by atoms with Crippen molar-refractivity contribution in [1.29, 1.82) is 0 Å². The third-order valence-corrected chi connectivity index (χ3v) is 2.45. The van der Waals surface area contributed by atoms with Crippen LogP contribution in [-0.2, 0) is 0 Å². The molecular weight excluding hydrogens is 226 g/mol. The molecule has 0 atom stereocenters. The number of aryl methyl sites for hydroxylation is 1. The van der Waals surface area contributed by atoms with Gasteiger partial charge in [0.15, 0.2) is 5.75 Å². The highest BCUT2D eigenvalue weighted by Gasteiger charge is 2.01. The van der Waals surface area contributed by atoms with Gasteiger partial charge in [-0.1, -0.05) is 35.9 Å². The van der Waals surface area contributed by atoms with Crippen LogP contribution in [0.4, 0.5) is 0 Å². The Labute approximate surface area is 106 Å². The number of phenolic OH excluding ortho intramolecular Hbond substituents is 1. The first-order valence-electron chi connectivity index (χ1n) is 5.69. The molecule has 2 aromatic carbocycles. The monoisotopic (exact) mass is 241 g/mol. The molecule has 0 unspecified atom stereocenters. The largest absolute Gasteiger partial charge is 0.508 e. The van der Waals surface area contributed by atoms with Crippen molar-refractivity contribution in [3.05, 3.63) is 65.9 Å². The van der Waals surface area contributed by atoms with Gasteiger partial charge in [0, 0.05) is 11.8 Å². The molecule has 3 heteroatoms. The van der Waals surface area contributed by atoms with Crippen LogP contribution in [0.15, 0.2) is 54.7 Å². The first-order chi connectivity index (χ1) is 8.75. The standard InChI is InChI=1S/C8H7NO.C7H8O/c1-2-4-8-7(3-1)5-6-9-10-8;1-6-2-4-7(8)5-3-6/h1-6,9H;2-5,8H,1H3. The highest BCUT2D eigenvalue weighted by Crippen LogP contribution is 2.20. The predicted octanol–water partition coefficient (Wildman–Crippen LogP) is 3.25. The zero-order chi connectivity index (χ0) is 12.8. The lowest BCUT2D eigenvalue weighted by Crippen LogP contribution is -2.13. The van der Waals surface area contributed by atoms with Crippen molar-refractivity contribution < 1.29 is 9.94 Å². The maximum absolute atomic E-state index is 8.76. The molecule has 2 aromatic rings. The van der Waals surface area contributed by atoms with Crippen molar-refractivity contribution in [3.8, 4) is 11.5 Å². The molecule has 0 aromatic heterocycles. The summed E-state index contributed by atoms with van der Waals surface area (Å²) in [4.78, 5) is 5.09. The Hall–Kier alpha value is -2.42. The van der Waals surface area contributed by atoms with Crippen LogP contribution in [0.3, 0.4) is 0 Å². The molecule has 0 saturated heterocycles. The van der Waals surface area contributed by atoms with Crippen LogP contribution in [0.2, 0.25) is 0 Å². The molecule has 0 saturated carbocycles. The van der Waals surface area contributed by atoms with Gasteiger partial charge in [0.25, 0.3) is 0 Å². The second kappa shape index (κ2) is 5.77. The van der Waals surface area contributed by atoms with Crippen LogP contribution in [0.1, 0.15) is 11.1 Å². The third-order valence-electron chi connectivity index (χ3n) is 2.45. The molecule has 92 valence electrons. The van der Waals surface area contributed by atoms with Crippen molar-refractivity contribution >= 4 is 6.08 Å². The number of benzene rings is 2. The van der Waals surface area contributed by atoms with Gasteiger partial charge in [-0.2, -0.15) is 0 Å². The van der Waals surface area contributed by atoms with Crippen LogP contribution < -0.4 is 10.3 Å². The number of hydrogen-bond donors (Lipinski definition) is 2. The van der Waals surface area contributed by atoms with E-state index in [0.717, 1.165) is 11.3 Å². The lowest BCUT2D eigenvalue weighted by Gasteiger charge is -2.11. The van der Waals surface area contributed by atoms with Crippen molar-refractivity contribution in [2.45, 2.75) is 6.92 Å². The molecule has 0 spiro atoms. The Bertz CT molecular complexity index is 511. The van der Waals surface area contributed by atoms with E-state index >= 15 is 0 Å². The van der Waals surface area contributed by atoms with E-state index in [0.29, 0.717) is 5.75 Å². The summed E-state index contributed by atoms with van der Waals surface area (Å²) in [5, 5.41) is 8.76. The van der Waals surface area contributed by atoms with Crippen molar-refractivity contribution in [2.24, 2.45) is 0 Å². The molecule has 0 radical (unpaired) electrons. The summed E-state index contributed by atoms with van der Waals surface area (Å²) >= 11 is 0. The molecular formula is C15H15NO2. The summed E-state index contributed by atoms with van der Waals surface area (Å²) in [7, 11) is 0. The van der Waals surface area contributed by atoms with Gasteiger partial charge in [0.2, 0.25) is 0 Å². The van der Waals surface area contributed by atoms with Gasteiger partial charge in [-0.15, -0.1) is 0 Å². The highest BCUT2D eigenvalue weighted by molar-refractivity contribution is 5.57. The first kappa shape index (κ1) is 12.0. The molecule has 3 nitrogen and oxygen atoms in total. The van der Waals surface area contributed by atoms with Crippen molar-refractivity contribution in [3.63, 3.8) is 0 Å². The quantitative estimate of drug-likeness (QED) is 0.744. The SMILES string of the molecule is C1=Cc2ccccc2ON1.Cc1ccc(O)cc1. The number of hydrogen-bond acceptors (Lipinski definition) is 3. The Balaban J connectivity index is 0.000000138. The van der Waals surface area contributed by atoms with Crippen LogP contribution in [0, 0.1) is 6.92 Å². The van der Waals surface area contributed by atoms with E-state index in [1.807, 2.05) is 49.4 Å². The minimum absolute atomic E-state index is 0.329. The van der Waals surface area contributed by atoms with Crippen LogP contribution in [0.5, 0.6) is 11.5 Å². The summed E-state index contributed by atoms with van der Waals surface area (Å²) in [6.45, 7) is 1.99. The van der Waals surface area contributed by atoms with E-state index < -0.39 is 0 Å². The van der Waals surface area contributed by atoms with Gasteiger partial charge in [-0.3, -0.25) is 0 Å². The van der Waals surface area contributed by atoms with Gasteiger partial charge < -0.3 is 9.94 Å². The number of phenols is 1. The van der Waals surface area contributed by atoms with Gasteiger partial charge in [0.05, 0.1) is 0 Å². The summed E-state index contributed by atoms with van der Waals surface area (Å²) in [5.74, 6) is 1.21. The summed E-state index contributed by atoms with van der Waals surface area (Å²) in [5.41, 5.74) is 4.94. The van der Waals surface area contributed by atoms with Crippen molar-refractivity contribution in [2.75, 3.05) is 0 Å². The van der Waals surface area contributed by atoms with Gasteiger partial charge in [0.1, 0.15) is 5.75 Å². The second-order valence-electron chi connectivity index (χ2n) is 3.93. The fourth-order valence-corrected chi connectivity index (χ4v) is 1.48. The Morgan fingerprint density at radius 2 is 1.72 bits per heavy atom. The Kier molecular flexibility index (Phi) is 3.86. The average molecular weight is 241 g/mol. The lowest BCUT2D eigenvalue weighted by molar-refractivity contribution is 0.239. The third kappa shape index (κ3) is 3.28. The van der Waals surface area contributed by atoms with Gasteiger partial charge in [-0.25, -0.2) is 5.48 Å². The molecule has 0 aliphatic carbocycles. The number of fused-ring (bicyclic) bond motifs is 1. The molecule has 1 heterocycles. The fourth-order valence-electron chi connectivity index (χ4n) is 1.48. The predicted molar refractivity (Wildman–Crippen MR) is 72.1 cm³/mol. The maximum Gasteiger partial charge on any atom is 0.162 e. The van der Waals surface area contributed by atoms with Crippen LogP contribution >= 0.6 is 0 Å². The summed E-state index contributed by atoms with van der Waals surface area (Å²) in [6, 6.07) is 14.9. The minimum Gasteiger partial charge on any atom is -0.508 e. The lowest BCUT2D eigenvalue weighted by atomic mass is 10.2. The molecule has 18 heavy (non-hydrogen) atoms. The molecule has 2 N–H and O–H groups in total. The zero-order valence-electron chi connectivity index (χ0n) is 10.1. The van der Waals surface area contributed by atoms with E-state index in [-0.39, 0.29) is 0 Å². The summed E-state index contributed by atoms with van der Waals surface area (Å²) < 4.78 is 0. The fraction of sp³-hybridized carbons (Fsp3) is 0.0667. The number of aromatic hydroxyl groups is 1. The molecule has 0 amide bonds. The normalized spacial score (nSPS) is 11.4. The Morgan fingerprint density at radius 3 is 2.39 bits per heavy atom. The van der Waals surface area contributed by atoms with Crippen LogP contribution in [-0.4, -0.2) is 5.11 Å². The van der Waals surface area contributed by atoms with Crippen LogP contribution in [0.25, 0.3) is 6.08 Å². The smallest absolute Gasteiger partial charge is 0.162 e. The van der Waals surface area contributed by atoms with Crippen molar-refractivity contribution in [1.82, 2.24) is 5.48 Å².